The average Bonchev–Trinajstić information content (AvgIpc) is 2.18. The van der Waals surface area contributed by atoms with Gasteiger partial charge in [-0.05, 0) is 5.56 Å². The third kappa shape index (κ3) is 1.23. The van der Waals surface area contributed by atoms with Crippen LogP contribution in [0.1, 0.15) is 15.9 Å². The summed E-state index contributed by atoms with van der Waals surface area (Å²) in [4.78, 5) is 14.3. The van der Waals surface area contributed by atoms with E-state index in [2.05, 4.69) is 4.79 Å². The minimum atomic E-state index is -1.52. The monoisotopic (exact) mass is 206 g/mol. The van der Waals surface area contributed by atoms with Gasteiger partial charge in [-0.15, -0.1) is 0 Å². The molecule has 0 bridgehead atoms. The van der Waals surface area contributed by atoms with Crippen molar-refractivity contribution in [2.24, 2.45) is 0 Å². The molecule has 2 rings (SSSR count). The summed E-state index contributed by atoms with van der Waals surface area (Å²) in [5.74, 6) is -0.214. The minimum Gasteiger partial charge on any atom is -0.360 e. The highest BCUT2D eigenvalue weighted by Crippen LogP contribution is 2.18. The molecule has 0 amide bonds. The molecule has 1 aliphatic rings. The van der Waals surface area contributed by atoms with Crippen LogP contribution in [0.15, 0.2) is 24.3 Å². The van der Waals surface area contributed by atoms with E-state index in [0.717, 1.165) is 5.56 Å². The van der Waals surface area contributed by atoms with E-state index in [9.17, 15) is 9.00 Å². The summed E-state index contributed by atoms with van der Waals surface area (Å²) in [6.45, 7) is 0. The molecule has 1 unspecified atom stereocenters. The SMILES string of the molecule is [N-]=[N+]=C1C(=O)c2ccccc2CS1=O. The van der Waals surface area contributed by atoms with Crippen LogP contribution in [0.3, 0.4) is 0 Å². The van der Waals surface area contributed by atoms with Crippen molar-refractivity contribution in [2.75, 3.05) is 0 Å². The van der Waals surface area contributed by atoms with Crippen LogP contribution in [0.2, 0.25) is 0 Å². The lowest BCUT2D eigenvalue weighted by molar-refractivity contribution is -0.00128. The maximum Gasteiger partial charge on any atom is 0.426 e. The highest BCUT2D eigenvalue weighted by molar-refractivity contribution is 8.02. The lowest BCUT2D eigenvalue weighted by Gasteiger charge is -2.09. The number of carbonyl (C=O) groups excluding carboxylic acids is 1. The van der Waals surface area contributed by atoms with Crippen molar-refractivity contribution in [3.8, 4) is 0 Å². The quantitative estimate of drug-likeness (QED) is 0.464. The van der Waals surface area contributed by atoms with Crippen LogP contribution in [-0.4, -0.2) is 19.8 Å². The van der Waals surface area contributed by atoms with Crippen molar-refractivity contribution in [3.05, 3.63) is 40.9 Å². The number of nitrogens with zero attached hydrogens (tertiary/aromatic N) is 2. The van der Waals surface area contributed by atoms with Crippen LogP contribution in [0, 0.1) is 0 Å². The number of ketones is 1. The molecule has 5 heteroatoms. The first-order chi connectivity index (χ1) is 6.74. The predicted octanol–water partition coefficient (Wildman–Crippen LogP) is 0.760. The van der Waals surface area contributed by atoms with E-state index in [1.54, 1.807) is 24.3 Å². The first kappa shape index (κ1) is 8.99. The summed E-state index contributed by atoms with van der Waals surface area (Å²) in [6, 6.07) is 6.89. The molecule has 0 spiro atoms. The lowest BCUT2D eigenvalue weighted by atomic mass is 10.1. The topological polar surface area (TPSA) is 70.5 Å². The molecule has 0 aromatic heterocycles. The zero-order chi connectivity index (χ0) is 10.1. The molecule has 0 fully saturated rings. The molecule has 1 aromatic carbocycles. The number of hydrogen-bond acceptors (Lipinski definition) is 2. The van der Waals surface area contributed by atoms with E-state index in [0.29, 0.717) is 5.56 Å². The molecule has 1 aliphatic heterocycles. The lowest BCUT2D eigenvalue weighted by Crippen LogP contribution is -2.28. The minimum absolute atomic E-state index is 0.237. The van der Waals surface area contributed by atoms with Gasteiger partial charge in [-0.2, -0.15) is 4.79 Å². The molecule has 0 saturated carbocycles. The van der Waals surface area contributed by atoms with Gasteiger partial charge in [0.1, 0.15) is 10.8 Å². The van der Waals surface area contributed by atoms with Gasteiger partial charge in [-0.25, -0.2) is 4.21 Å². The molecule has 0 N–H and O–H groups in total. The Morgan fingerprint density at radius 2 is 2.07 bits per heavy atom. The van der Waals surface area contributed by atoms with Gasteiger partial charge in [0.05, 0.1) is 5.75 Å². The Labute approximate surface area is 82.6 Å². The normalized spacial score (nSPS) is 20.1. The number of Topliss-reactive ketones (excluding diaryl/α,β-unsaturated/α-hetero) is 1. The molecule has 1 heterocycles. The largest absolute Gasteiger partial charge is 0.426 e. The predicted molar refractivity (Wildman–Crippen MR) is 51.2 cm³/mol. The Kier molecular flexibility index (Phi) is 2.11. The van der Waals surface area contributed by atoms with Crippen LogP contribution in [0.4, 0.5) is 0 Å². The standard InChI is InChI=1S/C9H6N2O2S/c10-11-9-8(12)7-4-2-1-3-6(7)5-14(9)13/h1-4H,5H2. The van der Waals surface area contributed by atoms with Gasteiger partial charge in [0.2, 0.25) is 0 Å². The Morgan fingerprint density at radius 3 is 2.79 bits per heavy atom. The van der Waals surface area contributed by atoms with Crippen LogP contribution in [0.25, 0.3) is 5.53 Å². The second-order valence-electron chi connectivity index (χ2n) is 2.88. The van der Waals surface area contributed by atoms with Crippen molar-refractivity contribution in [1.29, 1.82) is 0 Å². The number of benzene rings is 1. The molecule has 1 atom stereocenters. The second-order valence-corrected chi connectivity index (χ2v) is 4.25. The van der Waals surface area contributed by atoms with Crippen LogP contribution in [-0.2, 0) is 16.6 Å². The smallest absolute Gasteiger partial charge is 0.360 e. The zero-order valence-electron chi connectivity index (χ0n) is 7.14. The van der Waals surface area contributed by atoms with Crippen molar-refractivity contribution >= 4 is 21.6 Å². The third-order valence-corrected chi connectivity index (χ3v) is 3.32. The Balaban J connectivity index is 2.66. The number of fused-ring (bicyclic) bond motifs is 1. The summed E-state index contributed by atoms with van der Waals surface area (Å²) >= 11 is 0. The fourth-order valence-electron chi connectivity index (χ4n) is 1.39. The molecule has 1 aromatic rings. The molecule has 0 radical (unpaired) electrons. The van der Waals surface area contributed by atoms with E-state index in [4.69, 9.17) is 5.53 Å². The maximum absolute atomic E-state index is 11.6. The summed E-state index contributed by atoms with van der Waals surface area (Å²) < 4.78 is 11.4. The highest BCUT2D eigenvalue weighted by atomic mass is 32.2. The van der Waals surface area contributed by atoms with E-state index in [1.807, 2.05) is 0 Å². The van der Waals surface area contributed by atoms with Crippen LogP contribution >= 0.6 is 0 Å². The summed E-state index contributed by atoms with van der Waals surface area (Å²) in [5.41, 5.74) is 9.74. The van der Waals surface area contributed by atoms with Crippen molar-refractivity contribution in [2.45, 2.75) is 5.75 Å². The molecule has 14 heavy (non-hydrogen) atoms. The van der Waals surface area contributed by atoms with Gasteiger partial charge >= 0.3 is 5.04 Å². The number of hydrogen-bond donors (Lipinski definition) is 0. The van der Waals surface area contributed by atoms with Crippen molar-refractivity contribution in [3.63, 3.8) is 0 Å². The molecule has 0 saturated heterocycles. The van der Waals surface area contributed by atoms with Crippen molar-refractivity contribution < 1.29 is 13.8 Å². The van der Waals surface area contributed by atoms with Gasteiger partial charge in [0.15, 0.2) is 0 Å². The molecule has 0 aliphatic carbocycles. The Hall–Kier alpha value is -1.58. The van der Waals surface area contributed by atoms with E-state index >= 15 is 0 Å². The fraction of sp³-hybridized carbons (Fsp3) is 0.111. The maximum atomic E-state index is 11.6. The highest BCUT2D eigenvalue weighted by Gasteiger charge is 2.35. The first-order valence-corrected chi connectivity index (χ1v) is 5.29. The van der Waals surface area contributed by atoms with Crippen LogP contribution < -0.4 is 0 Å². The van der Waals surface area contributed by atoms with Crippen LogP contribution in [0.5, 0.6) is 0 Å². The molecule has 4 nitrogen and oxygen atoms in total. The van der Waals surface area contributed by atoms with Crippen molar-refractivity contribution in [1.82, 2.24) is 0 Å². The van der Waals surface area contributed by atoms with Gasteiger partial charge in [0, 0.05) is 5.56 Å². The Morgan fingerprint density at radius 1 is 1.36 bits per heavy atom. The summed E-state index contributed by atoms with van der Waals surface area (Å²) in [5, 5.41) is -0.260. The number of carbonyl (C=O) groups is 1. The Bertz CT molecular complexity index is 489. The summed E-state index contributed by atoms with van der Waals surface area (Å²) in [6.07, 6.45) is 0. The average molecular weight is 206 g/mol. The number of rotatable bonds is 0. The van der Waals surface area contributed by atoms with Gasteiger partial charge in [-0.1, -0.05) is 24.3 Å². The first-order valence-electron chi connectivity index (χ1n) is 3.97. The molecular weight excluding hydrogens is 200 g/mol. The van der Waals surface area contributed by atoms with E-state index in [-0.39, 0.29) is 10.8 Å². The second kappa shape index (κ2) is 3.29. The van der Waals surface area contributed by atoms with Gasteiger partial charge < -0.3 is 5.53 Å². The van der Waals surface area contributed by atoms with Gasteiger partial charge in [0.25, 0.3) is 5.78 Å². The van der Waals surface area contributed by atoms with E-state index < -0.39 is 16.6 Å². The third-order valence-electron chi connectivity index (χ3n) is 2.05. The molecule has 70 valence electrons. The zero-order valence-corrected chi connectivity index (χ0v) is 7.95. The van der Waals surface area contributed by atoms with E-state index in [1.165, 1.54) is 0 Å². The van der Waals surface area contributed by atoms with Gasteiger partial charge in [-0.3, -0.25) is 4.79 Å². The molecular formula is C9H6N2O2S. The fourth-order valence-corrected chi connectivity index (χ4v) is 2.47. The summed E-state index contributed by atoms with van der Waals surface area (Å²) in [7, 11) is -1.52.